The Kier molecular flexibility index (Phi) is 7.92. The smallest absolute Gasteiger partial charge is 0.304 e. The molecule has 0 amide bonds. The van der Waals surface area contributed by atoms with Crippen molar-refractivity contribution < 1.29 is 22.8 Å². The number of hydrogen-bond acceptors (Lipinski definition) is 7. The van der Waals surface area contributed by atoms with Gasteiger partial charge in [0.2, 0.25) is 5.89 Å². The second-order valence-corrected chi connectivity index (χ2v) is 9.48. The van der Waals surface area contributed by atoms with E-state index in [1.54, 1.807) is 12.1 Å². The van der Waals surface area contributed by atoms with Crippen LogP contribution in [0, 0.1) is 5.92 Å². The molecule has 2 N–H and O–H groups in total. The van der Waals surface area contributed by atoms with Gasteiger partial charge in [-0.1, -0.05) is 56.2 Å². The summed E-state index contributed by atoms with van der Waals surface area (Å²) in [5, 5.41) is 13.0. The van der Waals surface area contributed by atoms with Gasteiger partial charge in [-0.2, -0.15) is 4.98 Å². The molecule has 0 aromatic carbocycles. The molecule has 164 valence electrons. The number of pyridine rings is 1. The normalized spacial score (nSPS) is 16.4. The third-order valence-corrected chi connectivity index (χ3v) is 6.79. The van der Waals surface area contributed by atoms with Crippen molar-refractivity contribution in [2.45, 2.75) is 75.3 Å². The molecule has 1 aliphatic rings. The zero-order valence-electron chi connectivity index (χ0n) is 16.9. The number of carbonyl (C=O) groups is 1. The fraction of sp³-hybridized carbons (Fsp3) is 0.600. The van der Waals surface area contributed by atoms with Crippen LogP contribution in [0.15, 0.2) is 33.9 Å². The zero-order chi connectivity index (χ0) is 21.4. The van der Waals surface area contributed by atoms with Crippen LogP contribution >= 0.6 is 0 Å². The summed E-state index contributed by atoms with van der Waals surface area (Å²) >= 11 is 0. The summed E-state index contributed by atoms with van der Waals surface area (Å²) in [7, 11) is -3.79. The Hall–Kier alpha value is -2.33. The molecule has 2 aromatic rings. The summed E-state index contributed by atoms with van der Waals surface area (Å²) in [5.74, 6) is -0.170. The maximum atomic E-state index is 12.2. The molecule has 1 saturated carbocycles. The van der Waals surface area contributed by atoms with Crippen LogP contribution < -0.4 is 4.72 Å². The summed E-state index contributed by atoms with van der Waals surface area (Å²) < 4.78 is 32.1. The zero-order valence-corrected chi connectivity index (χ0v) is 17.7. The molecular weight excluding hydrogens is 408 g/mol. The number of sulfonamides is 1. The van der Waals surface area contributed by atoms with E-state index in [9.17, 15) is 18.3 Å². The first kappa shape index (κ1) is 22.4. The molecule has 3 rings (SSSR count). The minimum atomic E-state index is -3.79. The van der Waals surface area contributed by atoms with Crippen LogP contribution in [0.5, 0.6) is 0 Å². The third-order valence-electron chi connectivity index (χ3n) is 5.48. The second kappa shape index (κ2) is 10.6. The Morgan fingerprint density at radius 2 is 2.07 bits per heavy atom. The Labute approximate surface area is 176 Å². The van der Waals surface area contributed by atoms with E-state index in [0.29, 0.717) is 6.42 Å². The highest BCUT2D eigenvalue weighted by atomic mass is 32.2. The SMILES string of the molecule is O=C(O)CC(CCCC1CCCCC1)c1nc(CNS(=O)(=O)c2ccccn2)no1. The average molecular weight is 437 g/mol. The highest BCUT2D eigenvalue weighted by molar-refractivity contribution is 7.89. The number of nitrogens with one attached hydrogen (secondary N) is 1. The topological polar surface area (TPSA) is 135 Å². The fourth-order valence-corrected chi connectivity index (χ4v) is 4.82. The number of nitrogens with zero attached hydrogens (tertiary/aromatic N) is 3. The van der Waals surface area contributed by atoms with E-state index in [1.165, 1.54) is 44.4 Å². The largest absolute Gasteiger partial charge is 0.481 e. The van der Waals surface area contributed by atoms with E-state index in [1.807, 2.05) is 0 Å². The van der Waals surface area contributed by atoms with Crippen molar-refractivity contribution in [2.75, 3.05) is 0 Å². The van der Waals surface area contributed by atoms with E-state index >= 15 is 0 Å². The first-order valence-electron chi connectivity index (χ1n) is 10.4. The predicted molar refractivity (Wildman–Crippen MR) is 108 cm³/mol. The molecule has 0 saturated heterocycles. The number of carboxylic acid groups (broad SMARTS) is 1. The second-order valence-electron chi connectivity index (χ2n) is 7.77. The molecule has 2 aromatic heterocycles. The van der Waals surface area contributed by atoms with Crippen LogP contribution in [0.1, 0.15) is 75.4 Å². The van der Waals surface area contributed by atoms with Crippen LogP contribution in [-0.2, 0) is 21.4 Å². The van der Waals surface area contributed by atoms with Crippen LogP contribution in [0.2, 0.25) is 0 Å². The Bertz CT molecular complexity index is 910. The van der Waals surface area contributed by atoms with Gasteiger partial charge in [-0.05, 0) is 24.5 Å². The number of aromatic nitrogens is 3. The molecule has 1 aliphatic carbocycles. The van der Waals surface area contributed by atoms with Gasteiger partial charge in [-0.3, -0.25) is 4.79 Å². The minimum absolute atomic E-state index is 0.0913. The van der Waals surface area contributed by atoms with E-state index in [2.05, 4.69) is 19.8 Å². The number of rotatable bonds is 11. The van der Waals surface area contributed by atoms with Gasteiger partial charge in [0.25, 0.3) is 10.0 Å². The summed E-state index contributed by atoms with van der Waals surface area (Å²) in [6.45, 7) is -0.162. The maximum Gasteiger partial charge on any atom is 0.304 e. The van der Waals surface area contributed by atoms with Crippen molar-refractivity contribution in [3.8, 4) is 0 Å². The summed E-state index contributed by atoms with van der Waals surface area (Å²) in [4.78, 5) is 19.3. The Balaban J connectivity index is 1.56. The molecule has 10 heteroatoms. The molecule has 0 radical (unpaired) electrons. The summed E-state index contributed by atoms with van der Waals surface area (Å²) in [6, 6.07) is 4.60. The lowest BCUT2D eigenvalue weighted by molar-refractivity contribution is -0.137. The van der Waals surface area contributed by atoms with Crippen molar-refractivity contribution in [1.29, 1.82) is 0 Å². The highest BCUT2D eigenvalue weighted by Gasteiger charge is 2.24. The Morgan fingerprint density at radius 3 is 2.77 bits per heavy atom. The fourth-order valence-electron chi connectivity index (χ4n) is 3.90. The van der Waals surface area contributed by atoms with Crippen LogP contribution in [-0.4, -0.2) is 34.6 Å². The van der Waals surface area contributed by atoms with Crippen molar-refractivity contribution in [3.63, 3.8) is 0 Å². The van der Waals surface area contributed by atoms with Crippen molar-refractivity contribution >= 4 is 16.0 Å². The lowest BCUT2D eigenvalue weighted by Crippen LogP contribution is -2.24. The molecule has 0 bridgehead atoms. The number of hydrogen-bond donors (Lipinski definition) is 2. The van der Waals surface area contributed by atoms with Gasteiger partial charge in [-0.15, -0.1) is 0 Å². The molecule has 30 heavy (non-hydrogen) atoms. The van der Waals surface area contributed by atoms with Crippen molar-refractivity contribution in [1.82, 2.24) is 19.8 Å². The lowest BCUT2D eigenvalue weighted by Gasteiger charge is -2.21. The molecule has 1 unspecified atom stereocenters. The van der Waals surface area contributed by atoms with Gasteiger partial charge in [0.05, 0.1) is 13.0 Å². The van der Waals surface area contributed by atoms with Gasteiger partial charge in [0.1, 0.15) is 0 Å². The monoisotopic (exact) mass is 436 g/mol. The van der Waals surface area contributed by atoms with Crippen LogP contribution in [0.4, 0.5) is 0 Å². The van der Waals surface area contributed by atoms with E-state index in [4.69, 9.17) is 4.52 Å². The maximum absolute atomic E-state index is 12.2. The van der Waals surface area contributed by atoms with Gasteiger partial charge >= 0.3 is 5.97 Å². The summed E-state index contributed by atoms with van der Waals surface area (Å²) in [6.07, 6.45) is 10.3. The molecule has 1 fully saturated rings. The van der Waals surface area contributed by atoms with Crippen molar-refractivity contribution in [3.05, 3.63) is 36.1 Å². The van der Waals surface area contributed by atoms with Crippen LogP contribution in [0.25, 0.3) is 0 Å². The Morgan fingerprint density at radius 1 is 1.27 bits per heavy atom. The first-order chi connectivity index (χ1) is 14.4. The van der Waals surface area contributed by atoms with Gasteiger partial charge in [0, 0.05) is 12.1 Å². The quantitative estimate of drug-likeness (QED) is 0.548. The van der Waals surface area contributed by atoms with Gasteiger partial charge in [-0.25, -0.2) is 18.1 Å². The van der Waals surface area contributed by atoms with E-state index in [0.717, 1.165) is 18.8 Å². The standard InChI is InChI=1S/C20H28N4O5S/c25-19(26)13-16(10-6-9-15-7-2-1-3-8-15)20-23-17(24-29-20)14-22-30(27,28)18-11-4-5-12-21-18/h4-5,11-12,15-16,22H,1-3,6-10,13-14H2,(H,25,26). The van der Waals surface area contributed by atoms with E-state index < -0.39 is 16.0 Å². The molecule has 1 atom stereocenters. The molecule has 0 aliphatic heterocycles. The van der Waals surface area contributed by atoms with Crippen LogP contribution in [0.3, 0.4) is 0 Å². The van der Waals surface area contributed by atoms with Crippen molar-refractivity contribution in [2.24, 2.45) is 5.92 Å². The number of aliphatic carboxylic acids is 1. The predicted octanol–water partition coefficient (Wildman–Crippen LogP) is 3.25. The molecule has 9 nitrogen and oxygen atoms in total. The average Bonchev–Trinajstić information content (AvgIpc) is 3.22. The third kappa shape index (κ3) is 6.60. The van der Waals surface area contributed by atoms with E-state index in [-0.39, 0.29) is 35.6 Å². The lowest BCUT2D eigenvalue weighted by atomic mass is 9.84. The molecule has 0 spiro atoms. The van der Waals surface area contributed by atoms with Gasteiger partial charge in [0.15, 0.2) is 10.9 Å². The van der Waals surface area contributed by atoms with Gasteiger partial charge < -0.3 is 9.63 Å². The highest BCUT2D eigenvalue weighted by Crippen LogP contribution is 2.31. The number of carboxylic acids is 1. The molecular formula is C20H28N4O5S. The first-order valence-corrected chi connectivity index (χ1v) is 11.9. The molecule has 2 heterocycles. The minimum Gasteiger partial charge on any atom is -0.481 e. The summed E-state index contributed by atoms with van der Waals surface area (Å²) in [5.41, 5.74) is 0.